The van der Waals surface area contributed by atoms with Crippen molar-refractivity contribution in [1.29, 1.82) is 0 Å². The molecule has 132 valence electrons. The third-order valence-corrected chi connectivity index (χ3v) is 5.06. The molecule has 0 unspecified atom stereocenters. The van der Waals surface area contributed by atoms with Crippen LogP contribution in [-0.2, 0) is 4.79 Å². The molecule has 3 fully saturated rings. The molecule has 2 N–H and O–H groups in total. The van der Waals surface area contributed by atoms with Gasteiger partial charge in [-0.25, -0.2) is 4.79 Å². The van der Waals surface area contributed by atoms with Gasteiger partial charge in [0.2, 0.25) is 0 Å². The Kier molecular flexibility index (Phi) is 5.92. The number of hydrogen-bond acceptors (Lipinski definition) is 4. The molecule has 3 aliphatic rings. The van der Waals surface area contributed by atoms with Gasteiger partial charge >= 0.3 is 6.03 Å². The Hall–Kier alpha value is -0.850. The highest BCUT2D eigenvalue weighted by Crippen LogP contribution is 2.28. The number of amides is 3. The SMILES string of the molecule is CC1(C)NC(=O)N(CCN2CCC(NCC3CC3)CC2)C1=O.Cl. The zero-order valence-electron chi connectivity index (χ0n) is 14.1. The fourth-order valence-electron chi connectivity index (χ4n) is 3.28. The summed E-state index contributed by atoms with van der Waals surface area (Å²) in [5.41, 5.74) is -0.753. The van der Waals surface area contributed by atoms with Gasteiger partial charge in [-0.05, 0) is 65.1 Å². The summed E-state index contributed by atoms with van der Waals surface area (Å²) < 4.78 is 0. The Bertz CT molecular complexity index is 445. The van der Waals surface area contributed by atoms with Crippen LogP contribution in [0.2, 0.25) is 0 Å². The molecule has 0 radical (unpaired) electrons. The zero-order chi connectivity index (χ0) is 15.7. The first-order valence-electron chi connectivity index (χ1n) is 8.55. The number of imide groups is 1. The molecule has 2 heterocycles. The highest BCUT2D eigenvalue weighted by atomic mass is 35.5. The minimum atomic E-state index is -0.753. The molecule has 0 bridgehead atoms. The summed E-state index contributed by atoms with van der Waals surface area (Å²) in [6.07, 6.45) is 5.12. The summed E-state index contributed by atoms with van der Waals surface area (Å²) in [6, 6.07) is 0.392. The van der Waals surface area contributed by atoms with Gasteiger partial charge in [-0.3, -0.25) is 9.69 Å². The topological polar surface area (TPSA) is 64.7 Å². The van der Waals surface area contributed by atoms with E-state index in [-0.39, 0.29) is 24.3 Å². The number of nitrogens with one attached hydrogen (secondary N) is 2. The van der Waals surface area contributed by atoms with Crippen molar-refractivity contribution in [2.24, 2.45) is 5.92 Å². The van der Waals surface area contributed by atoms with Gasteiger partial charge < -0.3 is 15.5 Å². The Morgan fingerprint density at radius 3 is 2.30 bits per heavy atom. The van der Waals surface area contributed by atoms with E-state index >= 15 is 0 Å². The number of nitrogens with zero attached hydrogens (tertiary/aromatic N) is 2. The number of carbonyl (C=O) groups excluding carboxylic acids is 2. The number of piperidine rings is 1. The van der Waals surface area contributed by atoms with Gasteiger partial charge in [0, 0.05) is 19.1 Å². The minimum Gasteiger partial charge on any atom is -0.324 e. The molecule has 2 aliphatic heterocycles. The maximum absolute atomic E-state index is 12.1. The van der Waals surface area contributed by atoms with Gasteiger partial charge in [0.1, 0.15) is 5.54 Å². The van der Waals surface area contributed by atoms with Crippen molar-refractivity contribution >= 4 is 24.3 Å². The largest absolute Gasteiger partial charge is 0.325 e. The maximum atomic E-state index is 12.1. The van der Waals surface area contributed by atoms with Crippen molar-refractivity contribution in [3.05, 3.63) is 0 Å². The first-order valence-corrected chi connectivity index (χ1v) is 8.55. The third-order valence-electron chi connectivity index (χ3n) is 5.06. The second-order valence-electron chi connectivity index (χ2n) is 7.48. The van der Waals surface area contributed by atoms with Crippen LogP contribution in [0.1, 0.15) is 39.5 Å². The molecule has 6 nitrogen and oxygen atoms in total. The van der Waals surface area contributed by atoms with Gasteiger partial charge in [0.15, 0.2) is 0 Å². The summed E-state index contributed by atoms with van der Waals surface area (Å²) in [5.74, 6) is 0.819. The van der Waals surface area contributed by atoms with Crippen molar-refractivity contribution < 1.29 is 9.59 Å². The van der Waals surface area contributed by atoms with E-state index in [1.165, 1.54) is 37.1 Å². The average Bonchev–Trinajstić information content (AvgIpc) is 3.27. The molecule has 3 rings (SSSR count). The predicted molar refractivity (Wildman–Crippen MR) is 91.8 cm³/mol. The van der Waals surface area contributed by atoms with E-state index in [2.05, 4.69) is 15.5 Å². The smallest absolute Gasteiger partial charge is 0.324 e. The molecular weight excluding hydrogens is 316 g/mol. The molecule has 23 heavy (non-hydrogen) atoms. The Morgan fingerprint density at radius 1 is 1.13 bits per heavy atom. The van der Waals surface area contributed by atoms with Crippen LogP contribution < -0.4 is 10.6 Å². The predicted octanol–water partition coefficient (Wildman–Crippen LogP) is 1.20. The lowest BCUT2D eigenvalue weighted by Gasteiger charge is -2.33. The molecule has 0 aromatic carbocycles. The van der Waals surface area contributed by atoms with Crippen LogP contribution in [0.4, 0.5) is 4.79 Å². The number of likely N-dealkylation sites (tertiary alicyclic amines) is 1. The van der Waals surface area contributed by atoms with E-state index in [1.54, 1.807) is 13.8 Å². The van der Waals surface area contributed by atoms with Crippen LogP contribution in [-0.4, -0.2) is 66.0 Å². The van der Waals surface area contributed by atoms with Crippen molar-refractivity contribution in [3.63, 3.8) is 0 Å². The molecule has 2 saturated heterocycles. The molecule has 0 aromatic rings. The van der Waals surface area contributed by atoms with Gasteiger partial charge in [-0.15, -0.1) is 12.4 Å². The van der Waals surface area contributed by atoms with Crippen molar-refractivity contribution in [3.8, 4) is 0 Å². The van der Waals surface area contributed by atoms with Crippen LogP contribution in [0.3, 0.4) is 0 Å². The molecular formula is C16H29ClN4O2. The lowest BCUT2D eigenvalue weighted by molar-refractivity contribution is -0.130. The fraction of sp³-hybridized carbons (Fsp3) is 0.875. The van der Waals surface area contributed by atoms with Crippen molar-refractivity contribution in [2.75, 3.05) is 32.7 Å². The van der Waals surface area contributed by atoms with Gasteiger partial charge in [0.25, 0.3) is 5.91 Å². The highest BCUT2D eigenvalue weighted by Gasteiger charge is 2.44. The van der Waals surface area contributed by atoms with E-state index in [1.807, 2.05) is 0 Å². The van der Waals surface area contributed by atoms with Gasteiger partial charge in [0.05, 0.1) is 0 Å². The van der Waals surface area contributed by atoms with E-state index in [0.717, 1.165) is 25.6 Å². The van der Waals surface area contributed by atoms with Crippen LogP contribution in [0.25, 0.3) is 0 Å². The molecule has 1 aliphatic carbocycles. The van der Waals surface area contributed by atoms with Crippen molar-refractivity contribution in [1.82, 2.24) is 20.4 Å². The first-order chi connectivity index (χ1) is 10.5. The molecule has 0 aromatic heterocycles. The Balaban J connectivity index is 0.00000192. The molecule has 0 atom stereocenters. The molecule has 3 amide bonds. The molecule has 1 saturated carbocycles. The number of hydrogen-bond donors (Lipinski definition) is 2. The summed E-state index contributed by atoms with van der Waals surface area (Å²) in [4.78, 5) is 27.7. The quantitative estimate of drug-likeness (QED) is 0.711. The molecule has 0 spiro atoms. The van der Waals surface area contributed by atoms with Crippen molar-refractivity contribution in [2.45, 2.75) is 51.1 Å². The van der Waals surface area contributed by atoms with Gasteiger partial charge in [-0.2, -0.15) is 0 Å². The summed E-state index contributed by atoms with van der Waals surface area (Å²) in [5, 5.41) is 6.40. The number of carbonyl (C=O) groups is 2. The van der Waals surface area contributed by atoms with E-state index in [9.17, 15) is 9.59 Å². The molecule has 7 heteroatoms. The van der Waals surface area contributed by atoms with Crippen LogP contribution in [0.15, 0.2) is 0 Å². The zero-order valence-corrected chi connectivity index (χ0v) is 15.0. The van der Waals surface area contributed by atoms with E-state index in [4.69, 9.17) is 0 Å². The second kappa shape index (κ2) is 7.36. The lowest BCUT2D eigenvalue weighted by Crippen LogP contribution is -2.46. The first kappa shape index (κ1) is 18.5. The number of urea groups is 1. The third kappa shape index (κ3) is 4.58. The number of halogens is 1. The average molecular weight is 345 g/mol. The van der Waals surface area contributed by atoms with Gasteiger partial charge in [-0.1, -0.05) is 0 Å². The van der Waals surface area contributed by atoms with E-state index in [0.29, 0.717) is 12.6 Å². The normalized spacial score (nSPS) is 25.4. The minimum absolute atomic E-state index is 0. The summed E-state index contributed by atoms with van der Waals surface area (Å²) >= 11 is 0. The monoisotopic (exact) mass is 344 g/mol. The van der Waals surface area contributed by atoms with Crippen LogP contribution in [0.5, 0.6) is 0 Å². The summed E-state index contributed by atoms with van der Waals surface area (Å²) in [6.45, 7) is 8.07. The maximum Gasteiger partial charge on any atom is 0.325 e. The Morgan fingerprint density at radius 2 is 1.78 bits per heavy atom. The number of rotatable bonds is 6. The van der Waals surface area contributed by atoms with Crippen LogP contribution >= 0.6 is 12.4 Å². The van der Waals surface area contributed by atoms with E-state index < -0.39 is 5.54 Å². The highest BCUT2D eigenvalue weighted by molar-refractivity contribution is 6.06. The fourth-order valence-corrected chi connectivity index (χ4v) is 3.28. The Labute approximate surface area is 144 Å². The standard InChI is InChI=1S/C16H28N4O2.ClH/c1-16(2)14(21)20(15(22)18-16)10-9-19-7-5-13(6-8-19)17-11-12-3-4-12;/h12-13,17H,3-11H2,1-2H3,(H,18,22);1H. The van der Waals surface area contributed by atoms with Crippen LogP contribution in [0, 0.1) is 5.92 Å². The summed E-state index contributed by atoms with van der Waals surface area (Å²) in [7, 11) is 0. The second-order valence-corrected chi connectivity index (χ2v) is 7.48. The lowest BCUT2D eigenvalue weighted by atomic mass is 10.0.